The molecule has 6 rings (SSSR count). The van der Waals surface area contributed by atoms with Gasteiger partial charge in [-0.3, -0.25) is 19.2 Å². The molecule has 13 nitrogen and oxygen atoms in total. The van der Waals surface area contributed by atoms with Crippen LogP contribution in [0.4, 0.5) is 0 Å². The molecule has 5 heterocycles. The van der Waals surface area contributed by atoms with Crippen LogP contribution in [0.3, 0.4) is 0 Å². The second-order valence-corrected chi connectivity index (χ2v) is 12.9. The normalized spacial score (nSPS) is 31.3. The Morgan fingerprint density at radius 2 is 1.93 bits per heavy atom. The van der Waals surface area contributed by atoms with E-state index in [2.05, 4.69) is 31.6 Å². The van der Waals surface area contributed by atoms with Gasteiger partial charge in [-0.05, 0) is 50.8 Å². The number of unbranched alkanes of at least 4 members (excludes halogenated alkanes) is 2. The van der Waals surface area contributed by atoms with Crippen molar-refractivity contribution >= 4 is 50.7 Å². The number of nitrogens with one attached hydrogen (secondary N) is 1. The van der Waals surface area contributed by atoms with Crippen LogP contribution in [0, 0.1) is 11.8 Å². The van der Waals surface area contributed by atoms with Gasteiger partial charge in [0.2, 0.25) is 11.8 Å². The highest BCUT2D eigenvalue weighted by atomic mass is 79.9. The van der Waals surface area contributed by atoms with Crippen LogP contribution in [0.25, 0.3) is 11.0 Å². The van der Waals surface area contributed by atoms with E-state index in [4.69, 9.17) is 9.47 Å². The van der Waals surface area contributed by atoms with Crippen LogP contribution in [0.1, 0.15) is 39.0 Å². The highest BCUT2D eigenvalue weighted by Gasteiger charge is 2.74. The molecular weight excluding hydrogens is 648 g/mol. The van der Waals surface area contributed by atoms with Crippen molar-refractivity contribution in [2.45, 2.75) is 69.5 Å². The molecule has 1 spiro atoms. The number of hydrogen-bond acceptors (Lipinski definition) is 9. The number of benzene rings is 1. The largest absolute Gasteiger partial charge is 0.460 e. The summed E-state index contributed by atoms with van der Waals surface area (Å²) in [6.07, 6.45) is 6.50. The van der Waals surface area contributed by atoms with Crippen molar-refractivity contribution in [2.24, 2.45) is 11.8 Å². The van der Waals surface area contributed by atoms with Crippen molar-refractivity contribution in [3.63, 3.8) is 0 Å². The first-order valence-electron chi connectivity index (χ1n) is 15.4. The summed E-state index contributed by atoms with van der Waals surface area (Å²) in [7, 11) is 0. The van der Waals surface area contributed by atoms with Crippen LogP contribution in [0.5, 0.6) is 0 Å². The molecule has 1 aromatic heterocycles. The quantitative estimate of drug-likeness (QED) is 0.252. The molecule has 3 amide bonds. The first kappa shape index (κ1) is 31.4. The number of nitrogens with zero attached hydrogens (tertiary/aromatic N) is 5. The number of carbonyl (C=O) groups is 4. The third kappa shape index (κ3) is 5.79. The molecule has 5 bridgehead atoms. The van der Waals surface area contributed by atoms with Gasteiger partial charge in [-0.25, -0.2) is 4.68 Å². The van der Waals surface area contributed by atoms with E-state index < -0.39 is 41.7 Å². The topological polar surface area (TPSA) is 156 Å². The summed E-state index contributed by atoms with van der Waals surface area (Å²) in [5.74, 6) is -3.45. The molecule has 6 atom stereocenters. The van der Waals surface area contributed by atoms with Gasteiger partial charge in [0.05, 0.1) is 18.0 Å². The molecule has 4 aliphatic rings. The molecule has 14 heteroatoms. The Balaban J connectivity index is 1.41. The summed E-state index contributed by atoms with van der Waals surface area (Å²) in [6.45, 7) is 2.32. The molecule has 2 saturated heterocycles. The number of allylic oxidation sites excluding steroid dienone is 1. The van der Waals surface area contributed by atoms with Crippen molar-refractivity contribution in [3.8, 4) is 0 Å². The second-order valence-electron chi connectivity index (χ2n) is 12.0. The fourth-order valence-electron chi connectivity index (χ4n) is 6.85. The van der Waals surface area contributed by atoms with Crippen LogP contribution >= 0.6 is 15.9 Å². The monoisotopic (exact) mass is 684 g/mol. The molecule has 0 aliphatic carbocycles. The molecular formula is C31H37BrN6O7. The van der Waals surface area contributed by atoms with E-state index in [-0.39, 0.29) is 57.1 Å². The van der Waals surface area contributed by atoms with Crippen molar-refractivity contribution in [2.75, 3.05) is 26.2 Å². The number of para-hydroxylation sites is 1. The van der Waals surface area contributed by atoms with Crippen LogP contribution < -0.4 is 5.32 Å². The third-order valence-electron chi connectivity index (χ3n) is 8.96. The number of aliphatic hydroxyl groups excluding tert-OH is 1. The number of fused-ring (bicyclic) bond motifs is 3. The van der Waals surface area contributed by atoms with Gasteiger partial charge in [-0.2, -0.15) is 0 Å². The Morgan fingerprint density at radius 1 is 1.11 bits per heavy atom. The number of carbonyl (C=O) groups excluding carboxylic acids is 4. The predicted octanol–water partition coefficient (Wildman–Crippen LogP) is 1.65. The number of cyclic esters (lactones) is 1. The Hall–Kier alpha value is -3.62. The van der Waals surface area contributed by atoms with Crippen LogP contribution in [-0.4, -0.2) is 104 Å². The van der Waals surface area contributed by atoms with Crippen molar-refractivity contribution in [1.82, 2.24) is 30.1 Å². The number of likely N-dealkylation sites (tertiary alicyclic amines) is 1. The fourth-order valence-corrected chi connectivity index (χ4v) is 7.59. The fraction of sp³-hybridized carbons (Fsp3) is 0.548. The highest BCUT2D eigenvalue weighted by molar-refractivity contribution is 9.11. The maximum atomic E-state index is 14.8. The van der Waals surface area contributed by atoms with Crippen molar-refractivity contribution in [3.05, 3.63) is 47.0 Å². The predicted molar refractivity (Wildman–Crippen MR) is 164 cm³/mol. The second kappa shape index (κ2) is 13.0. The molecule has 45 heavy (non-hydrogen) atoms. The highest BCUT2D eigenvalue weighted by Crippen LogP contribution is 2.59. The maximum Gasteiger partial charge on any atom is 0.313 e. The van der Waals surface area contributed by atoms with Gasteiger partial charge in [-0.1, -0.05) is 45.4 Å². The van der Waals surface area contributed by atoms with Gasteiger partial charge < -0.3 is 29.7 Å². The van der Waals surface area contributed by atoms with Crippen LogP contribution in [0.15, 0.2) is 47.0 Å². The molecule has 2 N–H and O–H groups in total. The standard InChI is InChI=1S/C31H37BrN6O7/c1-19-17-33-23(40)12-4-2-7-13-36(18-38-22-11-6-5-10-21(22)34-35-38)29(42)27-31-16-20(32)26(45-31)24(30(43)44-19)25(31)28(41)37(27)14-8-3-9-15-39/h2,5-7,10-11,16,19,24-27,39H,3-4,8-9,12-15,17-18H2,1H3,(H,33,40)/b7-2-/t19-,24+,25-,26+,27+,31-/m0/s1. The molecule has 4 aliphatic heterocycles. The number of amides is 3. The van der Waals surface area contributed by atoms with Gasteiger partial charge >= 0.3 is 5.97 Å². The lowest BCUT2D eigenvalue weighted by atomic mass is 9.74. The van der Waals surface area contributed by atoms with Gasteiger partial charge in [-0.15, -0.1) is 5.10 Å². The minimum Gasteiger partial charge on any atom is -0.460 e. The molecule has 1 aromatic carbocycles. The lowest BCUT2D eigenvalue weighted by molar-refractivity contribution is -0.158. The number of rotatable bonds is 7. The Kier molecular flexibility index (Phi) is 9.07. The summed E-state index contributed by atoms with van der Waals surface area (Å²) in [5, 5.41) is 20.7. The minimum atomic E-state index is -1.39. The summed E-state index contributed by atoms with van der Waals surface area (Å²) >= 11 is 3.56. The van der Waals surface area contributed by atoms with Gasteiger partial charge in [0, 0.05) is 30.6 Å². The third-order valence-corrected chi connectivity index (χ3v) is 9.64. The van der Waals surface area contributed by atoms with Gasteiger partial charge in [0.25, 0.3) is 5.91 Å². The summed E-state index contributed by atoms with van der Waals surface area (Å²) in [5.41, 5.74) is 0.0274. The number of hydrogen-bond donors (Lipinski definition) is 2. The summed E-state index contributed by atoms with van der Waals surface area (Å²) in [4.78, 5) is 58.3. The van der Waals surface area contributed by atoms with Crippen LogP contribution in [0.2, 0.25) is 0 Å². The minimum absolute atomic E-state index is 0.0296. The number of ether oxygens (including phenoxy) is 2. The number of halogens is 1. The van der Waals surface area contributed by atoms with E-state index in [9.17, 15) is 24.3 Å². The molecule has 240 valence electrons. The van der Waals surface area contributed by atoms with Crippen molar-refractivity contribution < 1.29 is 33.8 Å². The molecule has 0 saturated carbocycles. The Morgan fingerprint density at radius 3 is 2.76 bits per heavy atom. The smallest absolute Gasteiger partial charge is 0.313 e. The van der Waals surface area contributed by atoms with E-state index >= 15 is 0 Å². The molecule has 0 radical (unpaired) electrons. The van der Waals surface area contributed by atoms with E-state index in [0.717, 1.165) is 5.52 Å². The number of aliphatic hydroxyl groups is 1. The van der Waals surface area contributed by atoms with Gasteiger partial charge in [0.15, 0.2) is 0 Å². The zero-order chi connectivity index (χ0) is 31.7. The Labute approximate surface area is 268 Å². The summed E-state index contributed by atoms with van der Waals surface area (Å²) < 4.78 is 14.5. The SMILES string of the molecule is C[C@H]1CNC(=O)CC/C=C\CN(Cn2nnc3ccccc32)C(=O)[C@H]2N(CCCCCO)C(=O)[C@@H]3[C@@H](C(=O)O1)[C@@H]1O[C@@]32C=C1Br. The zero-order valence-corrected chi connectivity index (χ0v) is 26.6. The van der Waals surface area contributed by atoms with Gasteiger partial charge in [0.1, 0.15) is 42.0 Å². The number of aromatic nitrogens is 3. The molecule has 2 aromatic rings. The van der Waals surface area contributed by atoms with E-state index in [1.165, 1.54) is 0 Å². The number of esters is 1. The first-order valence-corrected chi connectivity index (χ1v) is 16.2. The lowest BCUT2D eigenvalue weighted by Crippen LogP contribution is -2.56. The summed E-state index contributed by atoms with van der Waals surface area (Å²) in [6, 6.07) is 6.38. The maximum absolute atomic E-state index is 14.8. The lowest BCUT2D eigenvalue weighted by Gasteiger charge is -2.35. The molecule has 0 unspecified atom stereocenters. The first-order chi connectivity index (χ1) is 21.7. The average Bonchev–Trinajstić information content (AvgIpc) is 3.74. The van der Waals surface area contributed by atoms with E-state index in [0.29, 0.717) is 35.7 Å². The average molecular weight is 686 g/mol. The Bertz CT molecular complexity index is 1540. The van der Waals surface area contributed by atoms with Crippen molar-refractivity contribution in [1.29, 1.82) is 0 Å². The van der Waals surface area contributed by atoms with E-state index in [1.807, 2.05) is 36.4 Å². The van der Waals surface area contributed by atoms with E-state index in [1.54, 1.807) is 27.5 Å². The zero-order valence-electron chi connectivity index (χ0n) is 25.0. The molecule has 2 fully saturated rings. The van der Waals surface area contributed by atoms with Crippen LogP contribution in [-0.2, 0) is 35.3 Å².